The normalized spacial score (nSPS) is 10.9. The molecule has 0 N–H and O–H groups in total. The molecular formula is C20H15FN4O4S. The number of nitro benzene ring substituents is 1. The molecule has 2 aromatic heterocycles. The van der Waals surface area contributed by atoms with Crippen LogP contribution in [0.4, 0.5) is 10.1 Å². The molecule has 8 nitrogen and oxygen atoms in total. The summed E-state index contributed by atoms with van der Waals surface area (Å²) in [6, 6.07) is 14.3. The molecule has 0 atom stereocenters. The largest absolute Gasteiger partial charge is 0.497 e. The molecule has 0 aliphatic carbocycles. The second-order valence-corrected chi connectivity index (χ2v) is 7.18. The summed E-state index contributed by atoms with van der Waals surface area (Å²) in [4.78, 5) is 11.0. The lowest BCUT2D eigenvalue weighted by Crippen LogP contribution is -2.04. The molecule has 2 heterocycles. The lowest BCUT2D eigenvalue weighted by molar-refractivity contribution is -0.387. The highest BCUT2D eigenvalue weighted by atomic mass is 32.2. The molecular weight excluding hydrogens is 411 g/mol. The second-order valence-electron chi connectivity index (χ2n) is 6.17. The third-order valence-corrected chi connectivity index (χ3v) is 5.31. The van der Waals surface area contributed by atoms with Crippen LogP contribution in [0, 0.1) is 15.9 Å². The number of furan rings is 1. The van der Waals surface area contributed by atoms with Crippen molar-refractivity contribution in [1.82, 2.24) is 14.8 Å². The van der Waals surface area contributed by atoms with Crippen LogP contribution in [0.2, 0.25) is 0 Å². The van der Waals surface area contributed by atoms with Crippen LogP contribution < -0.4 is 4.74 Å². The number of hydrogen-bond acceptors (Lipinski definition) is 7. The van der Waals surface area contributed by atoms with Gasteiger partial charge < -0.3 is 9.15 Å². The van der Waals surface area contributed by atoms with Crippen LogP contribution in [0.5, 0.6) is 5.75 Å². The lowest BCUT2D eigenvalue weighted by atomic mass is 10.2. The average Bonchev–Trinajstić information content (AvgIpc) is 3.40. The Balaban J connectivity index is 1.78. The minimum atomic E-state index is -0.680. The van der Waals surface area contributed by atoms with Crippen LogP contribution in [0.1, 0.15) is 5.76 Å². The van der Waals surface area contributed by atoms with Gasteiger partial charge in [-0.15, -0.1) is 10.2 Å². The Morgan fingerprint density at radius 2 is 2.07 bits per heavy atom. The standard InChI is InChI=1S/C20H15FN4O4S/c1-28-15-5-2-4-13(10-15)19-22-23-20(24(19)12-16-6-3-9-29-16)30-18-8-7-14(21)11-17(18)25(26)27/h2-11H,12H2,1H3. The van der Waals surface area contributed by atoms with E-state index in [9.17, 15) is 14.5 Å². The molecule has 0 radical (unpaired) electrons. The van der Waals surface area contributed by atoms with Gasteiger partial charge in [-0.2, -0.15) is 0 Å². The van der Waals surface area contributed by atoms with Crippen LogP contribution in [-0.4, -0.2) is 26.8 Å². The van der Waals surface area contributed by atoms with Crippen molar-refractivity contribution < 1.29 is 18.5 Å². The van der Waals surface area contributed by atoms with Crippen LogP contribution in [-0.2, 0) is 6.54 Å². The Morgan fingerprint density at radius 1 is 1.20 bits per heavy atom. The molecule has 30 heavy (non-hydrogen) atoms. The van der Waals surface area contributed by atoms with Gasteiger partial charge in [0.2, 0.25) is 0 Å². The first-order chi connectivity index (χ1) is 14.5. The molecule has 0 fully saturated rings. The number of methoxy groups -OCH3 is 1. The van der Waals surface area contributed by atoms with E-state index in [1.165, 1.54) is 12.1 Å². The summed E-state index contributed by atoms with van der Waals surface area (Å²) < 4.78 is 26.0. The molecule has 0 unspecified atom stereocenters. The van der Waals surface area contributed by atoms with Crippen LogP contribution in [0.25, 0.3) is 11.4 Å². The van der Waals surface area contributed by atoms with Crippen molar-refractivity contribution in [3.05, 3.63) is 82.6 Å². The molecule has 0 spiro atoms. The SMILES string of the molecule is COc1cccc(-c2nnc(Sc3ccc(F)cc3[N+](=O)[O-])n2Cc2ccco2)c1. The number of nitro groups is 1. The van der Waals surface area contributed by atoms with Crippen molar-refractivity contribution in [2.24, 2.45) is 0 Å². The number of rotatable bonds is 7. The summed E-state index contributed by atoms with van der Waals surface area (Å²) in [6.07, 6.45) is 1.56. The molecule has 2 aromatic carbocycles. The maximum absolute atomic E-state index is 13.5. The van der Waals surface area contributed by atoms with E-state index in [-0.39, 0.29) is 10.6 Å². The fourth-order valence-electron chi connectivity index (χ4n) is 2.86. The molecule has 10 heteroatoms. The molecule has 0 saturated heterocycles. The maximum atomic E-state index is 13.5. The number of nitrogens with zero attached hydrogens (tertiary/aromatic N) is 4. The van der Waals surface area contributed by atoms with Crippen molar-refractivity contribution >= 4 is 17.4 Å². The van der Waals surface area contributed by atoms with Crippen molar-refractivity contribution in [2.75, 3.05) is 7.11 Å². The summed E-state index contributed by atoms with van der Waals surface area (Å²) in [5, 5.41) is 20.3. The zero-order valence-electron chi connectivity index (χ0n) is 15.7. The predicted molar refractivity (Wildman–Crippen MR) is 107 cm³/mol. The topological polar surface area (TPSA) is 96.2 Å². The lowest BCUT2D eigenvalue weighted by Gasteiger charge is -2.10. The fraction of sp³-hybridized carbons (Fsp3) is 0.100. The van der Waals surface area contributed by atoms with Crippen molar-refractivity contribution in [1.29, 1.82) is 0 Å². The van der Waals surface area contributed by atoms with E-state index in [1.807, 2.05) is 30.3 Å². The molecule has 0 aliphatic rings. The van der Waals surface area contributed by atoms with E-state index in [0.29, 0.717) is 29.0 Å². The fourth-order valence-corrected chi connectivity index (χ4v) is 3.77. The Kier molecular flexibility index (Phi) is 5.48. The first kappa shape index (κ1) is 19.6. The summed E-state index contributed by atoms with van der Waals surface area (Å²) in [7, 11) is 1.57. The van der Waals surface area contributed by atoms with E-state index >= 15 is 0 Å². The zero-order valence-corrected chi connectivity index (χ0v) is 16.5. The van der Waals surface area contributed by atoms with E-state index in [4.69, 9.17) is 9.15 Å². The smallest absolute Gasteiger partial charge is 0.286 e. The third kappa shape index (κ3) is 4.03. The van der Waals surface area contributed by atoms with Crippen molar-refractivity contribution in [3.8, 4) is 17.1 Å². The molecule has 0 aliphatic heterocycles. The first-order valence-electron chi connectivity index (χ1n) is 8.77. The van der Waals surface area contributed by atoms with Gasteiger partial charge in [0.05, 0.1) is 35.8 Å². The quantitative estimate of drug-likeness (QED) is 0.309. The van der Waals surface area contributed by atoms with Crippen molar-refractivity contribution in [3.63, 3.8) is 0 Å². The Bertz CT molecular complexity index is 1190. The number of ether oxygens (including phenoxy) is 1. The van der Waals surface area contributed by atoms with Crippen LogP contribution >= 0.6 is 11.8 Å². The minimum Gasteiger partial charge on any atom is -0.497 e. The number of aromatic nitrogens is 3. The minimum absolute atomic E-state index is 0.256. The van der Waals surface area contributed by atoms with E-state index in [0.717, 1.165) is 23.4 Å². The summed E-state index contributed by atoms with van der Waals surface area (Å²) in [6.45, 7) is 0.309. The number of halogens is 1. The molecule has 0 amide bonds. The van der Waals surface area contributed by atoms with Gasteiger partial charge in [0.1, 0.15) is 17.3 Å². The molecule has 152 valence electrons. The van der Waals surface area contributed by atoms with Gasteiger partial charge in [0.15, 0.2) is 11.0 Å². The summed E-state index contributed by atoms with van der Waals surface area (Å²) >= 11 is 1.03. The van der Waals surface area contributed by atoms with Crippen molar-refractivity contribution in [2.45, 2.75) is 16.6 Å². The summed E-state index contributed by atoms with van der Waals surface area (Å²) in [5.74, 6) is 1.18. The molecule has 0 saturated carbocycles. The van der Waals surface area contributed by atoms with Gasteiger partial charge in [-0.1, -0.05) is 12.1 Å². The van der Waals surface area contributed by atoms with E-state index in [2.05, 4.69) is 10.2 Å². The summed E-state index contributed by atoms with van der Waals surface area (Å²) in [5.41, 5.74) is 0.421. The van der Waals surface area contributed by atoms with Crippen LogP contribution in [0.3, 0.4) is 0 Å². The predicted octanol–water partition coefficient (Wildman–Crippen LogP) is 4.79. The number of hydrogen-bond donors (Lipinski definition) is 0. The Labute approximate surface area is 174 Å². The van der Waals surface area contributed by atoms with E-state index < -0.39 is 10.7 Å². The Hall–Kier alpha value is -3.66. The number of benzene rings is 2. The van der Waals surface area contributed by atoms with Gasteiger partial charge in [-0.25, -0.2) is 4.39 Å². The highest BCUT2D eigenvalue weighted by molar-refractivity contribution is 7.99. The second kappa shape index (κ2) is 8.37. The third-order valence-electron chi connectivity index (χ3n) is 4.26. The highest BCUT2D eigenvalue weighted by Gasteiger charge is 2.22. The molecule has 4 aromatic rings. The van der Waals surface area contributed by atoms with Crippen LogP contribution in [0.15, 0.2) is 75.3 Å². The zero-order chi connectivity index (χ0) is 21.1. The first-order valence-corrected chi connectivity index (χ1v) is 9.58. The highest BCUT2D eigenvalue weighted by Crippen LogP contribution is 2.36. The van der Waals surface area contributed by atoms with Gasteiger partial charge in [0.25, 0.3) is 5.69 Å². The maximum Gasteiger partial charge on any atom is 0.286 e. The average molecular weight is 426 g/mol. The van der Waals surface area contributed by atoms with E-state index in [1.54, 1.807) is 24.0 Å². The van der Waals surface area contributed by atoms with Gasteiger partial charge >= 0.3 is 0 Å². The van der Waals surface area contributed by atoms with Gasteiger partial charge in [-0.05, 0) is 48.2 Å². The Morgan fingerprint density at radius 3 is 2.80 bits per heavy atom. The molecule has 4 rings (SSSR count). The monoisotopic (exact) mass is 426 g/mol. The van der Waals surface area contributed by atoms with Gasteiger partial charge in [0, 0.05) is 5.56 Å². The van der Waals surface area contributed by atoms with Gasteiger partial charge in [-0.3, -0.25) is 14.7 Å². The molecule has 0 bridgehead atoms.